The van der Waals surface area contributed by atoms with Crippen LogP contribution in [0.2, 0.25) is 0 Å². The number of nitrogens with one attached hydrogen (secondary N) is 1. The molecule has 5 heteroatoms. The molecule has 0 aromatic carbocycles. The second kappa shape index (κ2) is 4.06. The molecule has 2 amide bonds. The molecule has 0 aromatic rings. The number of piperidine rings is 1. The highest BCUT2D eigenvalue weighted by Crippen LogP contribution is 2.18. The molecule has 0 unspecified atom stereocenters. The number of nitrogens with two attached hydrogens (primary N) is 1. The molecule has 3 N–H and O–H groups in total. The van der Waals surface area contributed by atoms with E-state index in [-0.39, 0.29) is 11.8 Å². The van der Waals surface area contributed by atoms with Crippen molar-refractivity contribution in [1.29, 1.82) is 0 Å². The van der Waals surface area contributed by atoms with Gasteiger partial charge in [-0.1, -0.05) is 0 Å². The molecule has 1 rings (SSSR count). The van der Waals surface area contributed by atoms with Gasteiger partial charge in [0.2, 0.25) is 11.8 Å². The van der Waals surface area contributed by atoms with Gasteiger partial charge in [-0.05, 0) is 19.9 Å². The van der Waals surface area contributed by atoms with Gasteiger partial charge in [-0.2, -0.15) is 0 Å². The Hall–Kier alpha value is -0.940. The van der Waals surface area contributed by atoms with E-state index in [1.807, 2.05) is 7.05 Å². The van der Waals surface area contributed by atoms with E-state index in [9.17, 15) is 9.59 Å². The Morgan fingerprint density at radius 1 is 1.36 bits per heavy atom. The van der Waals surface area contributed by atoms with Crippen molar-refractivity contribution in [2.24, 2.45) is 5.73 Å². The molecule has 1 heterocycles. The van der Waals surface area contributed by atoms with Crippen LogP contribution >= 0.6 is 0 Å². The lowest BCUT2D eigenvalue weighted by Crippen LogP contribution is -2.59. The minimum absolute atomic E-state index is 0.348. The number of amides is 2. The molecule has 14 heavy (non-hydrogen) atoms. The van der Waals surface area contributed by atoms with Gasteiger partial charge < -0.3 is 10.6 Å². The van der Waals surface area contributed by atoms with Crippen molar-refractivity contribution in [3.05, 3.63) is 0 Å². The van der Waals surface area contributed by atoms with Crippen LogP contribution in [0, 0.1) is 0 Å². The zero-order valence-corrected chi connectivity index (χ0v) is 8.67. The second-order valence-electron chi connectivity index (χ2n) is 3.97. The summed E-state index contributed by atoms with van der Waals surface area (Å²) in [7, 11) is 1.99. The Balaban J connectivity index is 2.57. The summed E-state index contributed by atoms with van der Waals surface area (Å²) in [5.74, 6) is -0.697. The first-order valence-electron chi connectivity index (χ1n) is 4.73. The fourth-order valence-electron chi connectivity index (χ4n) is 1.53. The maximum Gasteiger partial charge on any atom is 0.246 e. The molecule has 0 aliphatic carbocycles. The largest absolute Gasteiger partial charge is 0.317 e. The van der Waals surface area contributed by atoms with Gasteiger partial charge in [0.15, 0.2) is 0 Å². The lowest BCUT2D eigenvalue weighted by Gasteiger charge is -2.35. The summed E-state index contributed by atoms with van der Waals surface area (Å²) in [5, 5.41) is 2.25. The number of rotatable bonds is 1. The molecule has 1 aliphatic heterocycles. The second-order valence-corrected chi connectivity index (χ2v) is 3.97. The van der Waals surface area contributed by atoms with Gasteiger partial charge in [0.1, 0.15) is 0 Å². The maximum absolute atomic E-state index is 11.6. The van der Waals surface area contributed by atoms with Crippen molar-refractivity contribution < 1.29 is 9.59 Å². The Bertz CT molecular complexity index is 244. The van der Waals surface area contributed by atoms with Crippen molar-refractivity contribution in [1.82, 2.24) is 10.2 Å². The zero-order chi connectivity index (χ0) is 10.8. The fraction of sp³-hybridized carbons (Fsp3) is 0.778. The smallest absolute Gasteiger partial charge is 0.246 e. The molecule has 5 nitrogen and oxygen atoms in total. The van der Waals surface area contributed by atoms with Crippen LogP contribution in [0.5, 0.6) is 0 Å². The molecule has 0 radical (unpaired) electrons. The minimum Gasteiger partial charge on any atom is -0.317 e. The minimum atomic E-state index is -0.863. The lowest BCUT2D eigenvalue weighted by atomic mass is 9.88. The third-order valence-corrected chi connectivity index (χ3v) is 2.62. The van der Waals surface area contributed by atoms with Crippen LogP contribution in [-0.2, 0) is 9.59 Å². The first kappa shape index (κ1) is 11.1. The average Bonchev–Trinajstić information content (AvgIpc) is 2.09. The predicted octanol–water partition coefficient (Wildman–Crippen LogP) is -0.928. The van der Waals surface area contributed by atoms with Crippen LogP contribution in [-0.4, -0.2) is 42.4 Å². The molecule has 0 saturated carbocycles. The first-order valence-corrected chi connectivity index (χ1v) is 4.73. The van der Waals surface area contributed by atoms with Crippen LogP contribution in [0.25, 0.3) is 0 Å². The van der Waals surface area contributed by atoms with Crippen LogP contribution in [0.1, 0.15) is 19.8 Å². The van der Waals surface area contributed by atoms with E-state index in [4.69, 9.17) is 5.73 Å². The van der Waals surface area contributed by atoms with E-state index in [2.05, 4.69) is 10.2 Å². The SMILES string of the molecule is CC(=O)NC(=O)C1(N)CCN(C)CC1. The molecule has 0 atom stereocenters. The summed E-state index contributed by atoms with van der Waals surface area (Å²) >= 11 is 0. The Morgan fingerprint density at radius 3 is 2.29 bits per heavy atom. The van der Waals surface area contributed by atoms with E-state index < -0.39 is 5.54 Å². The Kier molecular flexibility index (Phi) is 3.23. The summed E-state index contributed by atoms with van der Waals surface area (Å²) in [6.45, 7) is 2.90. The number of imide groups is 1. The predicted molar refractivity (Wildman–Crippen MR) is 52.5 cm³/mol. The Labute approximate surface area is 83.6 Å². The lowest BCUT2D eigenvalue weighted by molar-refractivity contribution is -0.133. The quantitative estimate of drug-likeness (QED) is 0.572. The number of likely N-dealkylation sites (tertiary alicyclic amines) is 1. The van der Waals surface area contributed by atoms with E-state index in [1.54, 1.807) is 0 Å². The fourth-order valence-corrected chi connectivity index (χ4v) is 1.53. The highest BCUT2D eigenvalue weighted by molar-refractivity contribution is 5.99. The zero-order valence-electron chi connectivity index (χ0n) is 8.67. The average molecular weight is 199 g/mol. The van der Waals surface area contributed by atoms with Gasteiger partial charge in [0, 0.05) is 20.0 Å². The standard InChI is InChI=1S/C9H17N3O2/c1-7(13)11-8(14)9(10)3-5-12(2)6-4-9/h3-6,10H2,1-2H3,(H,11,13,14). The van der Waals surface area contributed by atoms with Gasteiger partial charge in [-0.25, -0.2) is 0 Å². The molecule has 1 fully saturated rings. The molecular formula is C9H17N3O2. The van der Waals surface area contributed by atoms with Gasteiger partial charge in [-0.15, -0.1) is 0 Å². The highest BCUT2D eigenvalue weighted by atomic mass is 16.2. The summed E-state index contributed by atoms with van der Waals surface area (Å²) in [6.07, 6.45) is 1.20. The summed E-state index contributed by atoms with van der Waals surface area (Å²) in [6, 6.07) is 0. The van der Waals surface area contributed by atoms with E-state index in [1.165, 1.54) is 6.92 Å². The number of nitrogens with zero attached hydrogens (tertiary/aromatic N) is 1. The van der Waals surface area contributed by atoms with Crippen molar-refractivity contribution in [3.8, 4) is 0 Å². The van der Waals surface area contributed by atoms with Gasteiger partial charge in [-0.3, -0.25) is 14.9 Å². The molecule has 80 valence electrons. The molecule has 0 bridgehead atoms. The van der Waals surface area contributed by atoms with E-state index in [0.29, 0.717) is 12.8 Å². The van der Waals surface area contributed by atoms with Crippen LogP contribution in [0.15, 0.2) is 0 Å². The van der Waals surface area contributed by atoms with Crippen molar-refractivity contribution >= 4 is 11.8 Å². The summed E-state index contributed by atoms with van der Waals surface area (Å²) < 4.78 is 0. The van der Waals surface area contributed by atoms with Crippen molar-refractivity contribution in [3.63, 3.8) is 0 Å². The van der Waals surface area contributed by atoms with E-state index in [0.717, 1.165) is 13.1 Å². The normalized spacial score (nSPS) is 21.6. The molecule has 1 aliphatic rings. The molecule has 1 saturated heterocycles. The van der Waals surface area contributed by atoms with Gasteiger partial charge in [0.05, 0.1) is 5.54 Å². The monoisotopic (exact) mass is 199 g/mol. The van der Waals surface area contributed by atoms with Gasteiger partial charge in [0.25, 0.3) is 0 Å². The summed E-state index contributed by atoms with van der Waals surface area (Å²) in [5.41, 5.74) is 5.06. The topological polar surface area (TPSA) is 75.4 Å². The van der Waals surface area contributed by atoms with Crippen LogP contribution in [0.3, 0.4) is 0 Å². The Morgan fingerprint density at radius 2 is 1.86 bits per heavy atom. The van der Waals surface area contributed by atoms with Gasteiger partial charge >= 0.3 is 0 Å². The number of carbonyl (C=O) groups excluding carboxylic acids is 2. The van der Waals surface area contributed by atoms with Crippen LogP contribution < -0.4 is 11.1 Å². The summed E-state index contributed by atoms with van der Waals surface area (Å²) in [4.78, 5) is 24.4. The van der Waals surface area contributed by atoms with Crippen LogP contribution in [0.4, 0.5) is 0 Å². The van der Waals surface area contributed by atoms with Crippen molar-refractivity contribution in [2.45, 2.75) is 25.3 Å². The molecular weight excluding hydrogens is 182 g/mol. The number of carbonyl (C=O) groups is 2. The number of hydrogen-bond donors (Lipinski definition) is 2. The van der Waals surface area contributed by atoms with Crippen molar-refractivity contribution in [2.75, 3.05) is 20.1 Å². The molecule has 0 spiro atoms. The third-order valence-electron chi connectivity index (χ3n) is 2.62. The van der Waals surface area contributed by atoms with E-state index >= 15 is 0 Å². The third kappa shape index (κ3) is 2.52. The maximum atomic E-state index is 11.6. The molecule has 0 aromatic heterocycles. The first-order chi connectivity index (χ1) is 6.44. The number of hydrogen-bond acceptors (Lipinski definition) is 4. The highest BCUT2D eigenvalue weighted by Gasteiger charge is 2.37.